The van der Waals surface area contributed by atoms with Crippen molar-refractivity contribution in [3.63, 3.8) is 0 Å². The Labute approximate surface area is 141 Å². The number of carbonyl (C=O) groups is 2. The van der Waals surface area contributed by atoms with E-state index in [0.717, 1.165) is 31.0 Å². The summed E-state index contributed by atoms with van der Waals surface area (Å²) in [7, 11) is 0. The summed E-state index contributed by atoms with van der Waals surface area (Å²) >= 11 is 1.12. The monoisotopic (exact) mass is 334 g/mol. The van der Waals surface area contributed by atoms with Crippen LogP contribution in [0.4, 0.5) is 0 Å². The van der Waals surface area contributed by atoms with Gasteiger partial charge in [0.1, 0.15) is 5.92 Å². The highest BCUT2D eigenvalue weighted by Crippen LogP contribution is 2.41. The van der Waals surface area contributed by atoms with Crippen molar-refractivity contribution in [1.82, 2.24) is 10.6 Å². The molecule has 1 aliphatic heterocycles. The maximum atomic E-state index is 12.0. The fourth-order valence-corrected chi connectivity index (χ4v) is 3.33. The highest BCUT2D eigenvalue weighted by molar-refractivity contribution is 8.03. The minimum absolute atomic E-state index is 0.125. The Morgan fingerprint density at radius 3 is 2.65 bits per heavy atom. The van der Waals surface area contributed by atoms with E-state index in [1.807, 2.05) is 6.07 Å². The van der Waals surface area contributed by atoms with Gasteiger partial charge >= 0.3 is 0 Å². The van der Waals surface area contributed by atoms with Crippen molar-refractivity contribution < 1.29 is 9.59 Å². The highest BCUT2D eigenvalue weighted by Gasteiger charge is 2.44. The fraction of sp³-hybridized carbons (Fsp3) is 0.625. The quantitative estimate of drug-likeness (QED) is 0.693. The van der Waals surface area contributed by atoms with Crippen molar-refractivity contribution >= 4 is 23.6 Å². The third-order valence-electron chi connectivity index (χ3n) is 3.78. The van der Waals surface area contributed by atoms with Gasteiger partial charge in [-0.25, -0.2) is 0 Å². The number of amides is 2. The molecule has 0 saturated heterocycles. The molecular weight excluding hydrogens is 312 g/mol. The predicted octanol–water partition coefficient (Wildman–Crippen LogP) is 2.06. The van der Waals surface area contributed by atoms with E-state index < -0.39 is 17.2 Å². The summed E-state index contributed by atoms with van der Waals surface area (Å²) < 4.78 is 0. The molecule has 2 amide bonds. The largest absolute Gasteiger partial charge is 0.355 e. The van der Waals surface area contributed by atoms with E-state index in [1.54, 1.807) is 13.8 Å². The van der Waals surface area contributed by atoms with Crippen molar-refractivity contribution in [2.75, 3.05) is 12.3 Å². The Morgan fingerprint density at radius 1 is 1.39 bits per heavy atom. The maximum absolute atomic E-state index is 12.0. The average molecular weight is 334 g/mol. The third kappa shape index (κ3) is 4.74. The molecule has 7 heteroatoms. The van der Waals surface area contributed by atoms with Crippen LogP contribution in [-0.4, -0.2) is 24.1 Å². The van der Waals surface area contributed by atoms with Crippen LogP contribution < -0.4 is 10.6 Å². The molecule has 1 heterocycles. The predicted molar refractivity (Wildman–Crippen MR) is 88.7 cm³/mol. The molecule has 1 rings (SSSR count). The molecule has 2 N–H and O–H groups in total. The Hall–Kier alpha value is -1.99. The second-order valence-electron chi connectivity index (χ2n) is 5.93. The summed E-state index contributed by atoms with van der Waals surface area (Å²) in [4.78, 5) is 23.8. The zero-order valence-corrected chi connectivity index (χ0v) is 14.5. The molecule has 0 aromatic carbocycles. The number of hydrogen-bond acceptors (Lipinski definition) is 5. The SMILES string of the molecule is CCCCCNC(=O)CSC1=C(C#N)C(C)(C)[C@@H](C#N)C(=O)N1. The molecule has 0 aromatic heterocycles. The zero-order valence-electron chi connectivity index (χ0n) is 13.7. The number of thioether (sulfide) groups is 1. The van der Waals surface area contributed by atoms with Crippen LogP contribution >= 0.6 is 11.8 Å². The van der Waals surface area contributed by atoms with Crippen LogP contribution in [0.5, 0.6) is 0 Å². The van der Waals surface area contributed by atoms with Crippen LogP contribution in [0.2, 0.25) is 0 Å². The van der Waals surface area contributed by atoms with Crippen molar-refractivity contribution in [2.24, 2.45) is 11.3 Å². The van der Waals surface area contributed by atoms with Gasteiger partial charge < -0.3 is 10.6 Å². The molecular formula is C16H22N4O2S. The van der Waals surface area contributed by atoms with Crippen LogP contribution in [-0.2, 0) is 9.59 Å². The zero-order chi connectivity index (χ0) is 17.5. The minimum Gasteiger partial charge on any atom is -0.355 e. The van der Waals surface area contributed by atoms with Gasteiger partial charge in [0.25, 0.3) is 0 Å². The summed E-state index contributed by atoms with van der Waals surface area (Å²) in [5, 5.41) is 24.3. The number of nitrogens with zero attached hydrogens (tertiary/aromatic N) is 2. The minimum atomic E-state index is -0.913. The first kappa shape index (κ1) is 19.1. The Kier molecular flexibility index (Phi) is 7.12. The van der Waals surface area contributed by atoms with Gasteiger partial charge in [-0.3, -0.25) is 9.59 Å². The first-order chi connectivity index (χ1) is 10.9. The van der Waals surface area contributed by atoms with E-state index in [2.05, 4.69) is 23.6 Å². The number of nitrogens with one attached hydrogen (secondary N) is 2. The Balaban J connectivity index is 2.73. The lowest BCUT2D eigenvalue weighted by Crippen LogP contribution is -2.44. The lowest BCUT2D eigenvalue weighted by Gasteiger charge is -2.34. The second-order valence-corrected chi connectivity index (χ2v) is 6.92. The lowest BCUT2D eigenvalue weighted by molar-refractivity contribution is -0.125. The third-order valence-corrected chi connectivity index (χ3v) is 4.78. The van der Waals surface area contributed by atoms with E-state index in [4.69, 9.17) is 5.26 Å². The molecule has 1 aliphatic rings. The molecule has 0 aromatic rings. The molecule has 23 heavy (non-hydrogen) atoms. The van der Waals surface area contributed by atoms with Gasteiger partial charge in [-0.05, 0) is 6.42 Å². The van der Waals surface area contributed by atoms with Crippen LogP contribution in [0.3, 0.4) is 0 Å². The molecule has 0 aliphatic carbocycles. The van der Waals surface area contributed by atoms with Crippen molar-refractivity contribution in [3.05, 3.63) is 10.6 Å². The molecule has 0 saturated carbocycles. The van der Waals surface area contributed by atoms with E-state index >= 15 is 0 Å². The number of carbonyl (C=O) groups excluding carboxylic acids is 2. The van der Waals surface area contributed by atoms with Gasteiger partial charge in [-0.2, -0.15) is 10.5 Å². The van der Waals surface area contributed by atoms with Crippen LogP contribution in [0, 0.1) is 34.0 Å². The average Bonchev–Trinajstić information content (AvgIpc) is 2.49. The Bertz CT molecular complexity index is 584. The molecule has 0 spiro atoms. The number of unbranched alkanes of at least 4 members (excludes halogenated alkanes) is 2. The van der Waals surface area contributed by atoms with Crippen LogP contribution in [0.25, 0.3) is 0 Å². The van der Waals surface area contributed by atoms with E-state index in [-0.39, 0.29) is 11.7 Å². The molecule has 0 bridgehead atoms. The summed E-state index contributed by atoms with van der Waals surface area (Å²) in [5.41, 5.74) is -0.529. The van der Waals surface area contributed by atoms with Gasteiger partial charge in [0.15, 0.2) is 0 Å². The number of rotatable bonds is 7. The summed E-state index contributed by atoms with van der Waals surface area (Å²) in [6.07, 6.45) is 3.09. The normalized spacial score (nSPS) is 19.5. The number of allylic oxidation sites excluding steroid dienone is 1. The maximum Gasteiger partial charge on any atom is 0.243 e. The van der Waals surface area contributed by atoms with E-state index in [1.165, 1.54) is 0 Å². The van der Waals surface area contributed by atoms with E-state index in [0.29, 0.717) is 17.1 Å². The van der Waals surface area contributed by atoms with Gasteiger partial charge in [-0.15, -0.1) is 0 Å². The van der Waals surface area contributed by atoms with Gasteiger partial charge in [-0.1, -0.05) is 45.4 Å². The van der Waals surface area contributed by atoms with Crippen LogP contribution in [0.15, 0.2) is 10.6 Å². The number of hydrogen-bond donors (Lipinski definition) is 2. The fourth-order valence-electron chi connectivity index (χ4n) is 2.33. The smallest absolute Gasteiger partial charge is 0.243 e. The van der Waals surface area contributed by atoms with Crippen molar-refractivity contribution in [3.8, 4) is 12.1 Å². The molecule has 6 nitrogen and oxygen atoms in total. The standard InChI is InChI=1S/C16H22N4O2S/c1-4-5-6-7-19-13(21)10-23-15-12(9-18)16(2,3)11(8-17)14(22)20-15/h11H,4-7,10H2,1-3H3,(H,19,21)(H,20,22)/t11-/m0/s1. The first-order valence-corrected chi connectivity index (χ1v) is 8.61. The molecule has 124 valence electrons. The molecule has 0 fully saturated rings. The summed E-state index contributed by atoms with van der Waals surface area (Å²) in [6.45, 7) is 6.12. The first-order valence-electron chi connectivity index (χ1n) is 7.63. The topological polar surface area (TPSA) is 106 Å². The Morgan fingerprint density at radius 2 is 2.09 bits per heavy atom. The highest BCUT2D eigenvalue weighted by atomic mass is 32.2. The number of nitriles is 2. The van der Waals surface area contributed by atoms with Gasteiger partial charge in [0, 0.05) is 12.0 Å². The molecule has 1 atom stereocenters. The van der Waals surface area contributed by atoms with Gasteiger partial charge in [0.05, 0.1) is 28.5 Å². The summed E-state index contributed by atoms with van der Waals surface area (Å²) in [6, 6.07) is 4.02. The molecule has 0 unspecified atom stereocenters. The molecule has 0 radical (unpaired) electrons. The van der Waals surface area contributed by atoms with Crippen molar-refractivity contribution in [2.45, 2.75) is 40.0 Å². The van der Waals surface area contributed by atoms with Crippen molar-refractivity contribution in [1.29, 1.82) is 10.5 Å². The van der Waals surface area contributed by atoms with Crippen LogP contribution in [0.1, 0.15) is 40.0 Å². The van der Waals surface area contributed by atoms with Gasteiger partial charge in [0.2, 0.25) is 11.8 Å². The lowest BCUT2D eigenvalue weighted by atomic mass is 9.72. The summed E-state index contributed by atoms with van der Waals surface area (Å²) in [5.74, 6) is -1.35. The second kappa shape index (κ2) is 8.59. The van der Waals surface area contributed by atoms with E-state index in [9.17, 15) is 14.9 Å².